The van der Waals surface area contributed by atoms with E-state index in [0.29, 0.717) is 23.7 Å². The predicted molar refractivity (Wildman–Crippen MR) is 81.6 cm³/mol. The van der Waals surface area contributed by atoms with Crippen LogP contribution in [0.3, 0.4) is 0 Å². The molecule has 2 unspecified atom stereocenters. The Kier molecular flexibility index (Phi) is 5.33. The van der Waals surface area contributed by atoms with Crippen LogP contribution in [0.5, 0.6) is 0 Å². The summed E-state index contributed by atoms with van der Waals surface area (Å²) in [7, 11) is 0. The smallest absolute Gasteiger partial charge is 0.319 e. The van der Waals surface area contributed by atoms with Crippen molar-refractivity contribution in [1.29, 1.82) is 0 Å². The molecule has 2 atom stereocenters. The standard InChI is InChI=1S/C16H22N2O3/c1-3-15-13(8-9-21-15)10-17-16(20)18-14-6-4-12(5-7-14)11(2)19/h4-7,13,15H,3,8-10H2,1-2H3,(H2,17,18,20). The van der Waals surface area contributed by atoms with E-state index in [0.717, 1.165) is 19.4 Å². The van der Waals surface area contributed by atoms with Gasteiger partial charge in [-0.3, -0.25) is 4.79 Å². The summed E-state index contributed by atoms with van der Waals surface area (Å²) in [4.78, 5) is 23.0. The summed E-state index contributed by atoms with van der Waals surface area (Å²) in [5.74, 6) is 0.402. The van der Waals surface area contributed by atoms with E-state index in [4.69, 9.17) is 4.74 Å². The number of ketones is 1. The summed E-state index contributed by atoms with van der Waals surface area (Å²) in [6.45, 7) is 5.01. The van der Waals surface area contributed by atoms with Gasteiger partial charge in [0.1, 0.15) is 0 Å². The lowest BCUT2D eigenvalue weighted by atomic mass is 10.00. The van der Waals surface area contributed by atoms with Crippen LogP contribution in [0.4, 0.5) is 10.5 Å². The molecule has 0 aliphatic carbocycles. The van der Waals surface area contributed by atoms with Crippen molar-refractivity contribution in [2.45, 2.75) is 32.8 Å². The molecule has 2 amide bonds. The fraction of sp³-hybridized carbons (Fsp3) is 0.500. The zero-order chi connectivity index (χ0) is 15.2. The number of amides is 2. The maximum atomic E-state index is 11.9. The van der Waals surface area contributed by atoms with Crippen molar-refractivity contribution in [2.24, 2.45) is 5.92 Å². The first-order chi connectivity index (χ1) is 10.1. The molecule has 21 heavy (non-hydrogen) atoms. The van der Waals surface area contributed by atoms with Crippen LogP contribution in [0.2, 0.25) is 0 Å². The van der Waals surface area contributed by atoms with Crippen molar-refractivity contribution in [3.8, 4) is 0 Å². The highest BCUT2D eigenvalue weighted by Gasteiger charge is 2.26. The number of hydrogen-bond donors (Lipinski definition) is 2. The largest absolute Gasteiger partial charge is 0.378 e. The molecule has 1 aliphatic rings. The van der Waals surface area contributed by atoms with Crippen LogP contribution in [0.25, 0.3) is 0 Å². The van der Waals surface area contributed by atoms with Crippen LogP contribution in [0, 0.1) is 5.92 Å². The highest BCUT2D eigenvalue weighted by molar-refractivity contribution is 5.95. The summed E-state index contributed by atoms with van der Waals surface area (Å²) in [6, 6.07) is 6.63. The van der Waals surface area contributed by atoms with Gasteiger partial charge in [-0.2, -0.15) is 0 Å². The predicted octanol–water partition coefficient (Wildman–Crippen LogP) is 2.83. The number of hydrogen-bond acceptors (Lipinski definition) is 3. The highest BCUT2D eigenvalue weighted by Crippen LogP contribution is 2.22. The van der Waals surface area contributed by atoms with Gasteiger partial charge in [0.15, 0.2) is 5.78 Å². The molecule has 5 heteroatoms. The topological polar surface area (TPSA) is 67.4 Å². The Morgan fingerprint density at radius 2 is 2.00 bits per heavy atom. The zero-order valence-corrected chi connectivity index (χ0v) is 12.5. The quantitative estimate of drug-likeness (QED) is 0.819. The van der Waals surface area contributed by atoms with Gasteiger partial charge in [-0.15, -0.1) is 0 Å². The van der Waals surface area contributed by atoms with Gasteiger partial charge < -0.3 is 15.4 Å². The Bertz CT molecular complexity index is 499. The first-order valence-corrected chi connectivity index (χ1v) is 7.37. The van der Waals surface area contributed by atoms with E-state index in [2.05, 4.69) is 17.6 Å². The second-order valence-electron chi connectivity index (χ2n) is 5.33. The molecule has 1 fully saturated rings. The number of Topliss-reactive ketones (excluding diaryl/α,β-unsaturated/α-hetero) is 1. The van der Waals surface area contributed by atoms with Crippen molar-refractivity contribution in [2.75, 3.05) is 18.5 Å². The van der Waals surface area contributed by atoms with Gasteiger partial charge >= 0.3 is 6.03 Å². The van der Waals surface area contributed by atoms with Gasteiger partial charge in [0, 0.05) is 30.3 Å². The number of benzene rings is 1. The number of nitrogens with one attached hydrogen (secondary N) is 2. The highest BCUT2D eigenvalue weighted by atomic mass is 16.5. The summed E-state index contributed by atoms with van der Waals surface area (Å²) >= 11 is 0. The number of rotatable bonds is 5. The second kappa shape index (κ2) is 7.22. The fourth-order valence-electron chi connectivity index (χ4n) is 2.56. The molecule has 114 valence electrons. The number of carbonyl (C=O) groups is 2. The van der Waals surface area contributed by atoms with Crippen LogP contribution in [0.1, 0.15) is 37.0 Å². The first kappa shape index (κ1) is 15.5. The van der Waals surface area contributed by atoms with Crippen LogP contribution in [-0.2, 0) is 4.74 Å². The molecule has 0 aromatic heterocycles. The van der Waals surface area contributed by atoms with Crippen molar-refractivity contribution < 1.29 is 14.3 Å². The molecule has 1 aromatic rings. The molecule has 1 aliphatic heterocycles. The van der Waals surface area contributed by atoms with Gasteiger partial charge in [0.2, 0.25) is 0 Å². The average Bonchev–Trinajstić information content (AvgIpc) is 2.93. The molecule has 5 nitrogen and oxygen atoms in total. The molecule has 0 bridgehead atoms. The SMILES string of the molecule is CCC1OCCC1CNC(=O)Nc1ccc(C(C)=O)cc1. The molecule has 0 spiro atoms. The molecule has 0 radical (unpaired) electrons. The second-order valence-corrected chi connectivity index (χ2v) is 5.33. The third-order valence-corrected chi connectivity index (χ3v) is 3.82. The van der Waals surface area contributed by atoms with E-state index < -0.39 is 0 Å². The van der Waals surface area contributed by atoms with Gasteiger partial charge in [-0.25, -0.2) is 4.79 Å². The molecule has 1 heterocycles. The Labute approximate surface area is 125 Å². The Morgan fingerprint density at radius 3 is 2.62 bits per heavy atom. The van der Waals surface area contributed by atoms with Crippen LogP contribution in [0.15, 0.2) is 24.3 Å². The molecule has 0 saturated carbocycles. The third kappa shape index (κ3) is 4.29. The molecule has 1 saturated heterocycles. The fourth-order valence-corrected chi connectivity index (χ4v) is 2.56. The lowest BCUT2D eigenvalue weighted by Crippen LogP contribution is -2.35. The first-order valence-electron chi connectivity index (χ1n) is 7.37. The number of ether oxygens (including phenoxy) is 1. The lowest BCUT2D eigenvalue weighted by Gasteiger charge is -2.17. The molecule has 2 N–H and O–H groups in total. The molecule has 1 aromatic carbocycles. The van der Waals surface area contributed by atoms with E-state index in [1.165, 1.54) is 6.92 Å². The van der Waals surface area contributed by atoms with Gasteiger partial charge in [-0.05, 0) is 44.0 Å². The maximum absolute atomic E-state index is 11.9. The number of carbonyl (C=O) groups excluding carboxylic acids is 2. The van der Waals surface area contributed by atoms with E-state index in [-0.39, 0.29) is 17.9 Å². The summed E-state index contributed by atoms with van der Waals surface area (Å²) in [5, 5.41) is 5.64. The summed E-state index contributed by atoms with van der Waals surface area (Å²) in [5.41, 5.74) is 1.31. The minimum atomic E-state index is -0.229. The Balaban J connectivity index is 1.80. The normalized spacial score (nSPS) is 21.0. The van der Waals surface area contributed by atoms with Crippen LogP contribution in [-0.4, -0.2) is 31.1 Å². The van der Waals surface area contributed by atoms with E-state index in [1.54, 1.807) is 24.3 Å². The monoisotopic (exact) mass is 290 g/mol. The molecule has 2 rings (SSSR count). The average molecular weight is 290 g/mol. The van der Waals surface area contributed by atoms with E-state index in [1.807, 2.05) is 0 Å². The van der Waals surface area contributed by atoms with E-state index in [9.17, 15) is 9.59 Å². The Morgan fingerprint density at radius 1 is 1.29 bits per heavy atom. The number of anilines is 1. The Hall–Kier alpha value is -1.88. The summed E-state index contributed by atoms with van der Waals surface area (Å²) in [6.07, 6.45) is 2.21. The van der Waals surface area contributed by atoms with Crippen molar-refractivity contribution in [3.63, 3.8) is 0 Å². The van der Waals surface area contributed by atoms with Crippen molar-refractivity contribution in [3.05, 3.63) is 29.8 Å². The molecular formula is C16H22N2O3. The van der Waals surface area contributed by atoms with Crippen LogP contribution >= 0.6 is 0 Å². The van der Waals surface area contributed by atoms with Crippen molar-refractivity contribution in [1.82, 2.24) is 5.32 Å². The third-order valence-electron chi connectivity index (χ3n) is 3.82. The summed E-state index contributed by atoms with van der Waals surface area (Å²) < 4.78 is 5.60. The van der Waals surface area contributed by atoms with Gasteiger partial charge in [0.25, 0.3) is 0 Å². The maximum Gasteiger partial charge on any atom is 0.319 e. The number of urea groups is 1. The van der Waals surface area contributed by atoms with Gasteiger partial charge in [-0.1, -0.05) is 6.92 Å². The molecular weight excluding hydrogens is 268 g/mol. The zero-order valence-electron chi connectivity index (χ0n) is 12.5. The van der Waals surface area contributed by atoms with E-state index >= 15 is 0 Å². The lowest BCUT2D eigenvalue weighted by molar-refractivity contribution is 0.0879. The minimum absolute atomic E-state index is 0.0119. The van der Waals surface area contributed by atoms with Gasteiger partial charge in [0.05, 0.1) is 6.10 Å². The minimum Gasteiger partial charge on any atom is -0.378 e. The van der Waals surface area contributed by atoms with Crippen LogP contribution < -0.4 is 10.6 Å². The van der Waals surface area contributed by atoms with Crippen molar-refractivity contribution >= 4 is 17.5 Å².